The number of aryl methyl sites for hydroxylation is 1. The molecule has 0 aliphatic carbocycles. The van der Waals surface area contributed by atoms with Gasteiger partial charge in [-0.1, -0.05) is 6.07 Å². The summed E-state index contributed by atoms with van der Waals surface area (Å²) in [6.07, 6.45) is 0. The number of rotatable bonds is 1. The summed E-state index contributed by atoms with van der Waals surface area (Å²) in [5.74, 6) is -0.183. The van der Waals surface area contributed by atoms with Crippen LogP contribution in [0.2, 0.25) is 0 Å². The van der Waals surface area contributed by atoms with Gasteiger partial charge in [-0.05, 0) is 30.0 Å². The van der Waals surface area contributed by atoms with E-state index in [0.29, 0.717) is 6.54 Å². The molecule has 0 fully saturated rings. The highest BCUT2D eigenvalue weighted by atomic mass is 32.1. The molecule has 2 N–H and O–H groups in total. The maximum atomic E-state index is 12.9. The van der Waals surface area contributed by atoms with Crippen LogP contribution in [0.5, 0.6) is 0 Å². The Morgan fingerprint density at radius 1 is 1.46 bits per heavy atom. The largest absolute Gasteiger partial charge is 0.326 e. The molecule has 0 saturated heterocycles. The molecule has 0 spiro atoms. The number of fused-ring (bicyclic) bond motifs is 1. The fourth-order valence-corrected chi connectivity index (χ4v) is 2.56. The lowest BCUT2D eigenvalue weighted by atomic mass is 10.1. The van der Waals surface area contributed by atoms with Crippen molar-refractivity contribution < 1.29 is 4.39 Å². The Hall–Kier alpha value is -0.930. The maximum absolute atomic E-state index is 12.9. The summed E-state index contributed by atoms with van der Waals surface area (Å²) in [6, 6.07) is 4.87. The number of thiophene rings is 1. The topological polar surface area (TPSA) is 26.0 Å². The van der Waals surface area contributed by atoms with E-state index in [1.165, 1.54) is 11.6 Å². The van der Waals surface area contributed by atoms with E-state index < -0.39 is 0 Å². The number of nitrogens with two attached hydrogens (primary N) is 1. The highest BCUT2D eigenvalue weighted by Gasteiger charge is 2.06. The van der Waals surface area contributed by atoms with Gasteiger partial charge in [0.2, 0.25) is 0 Å². The second-order valence-electron chi connectivity index (χ2n) is 2.99. The van der Waals surface area contributed by atoms with Gasteiger partial charge in [-0.15, -0.1) is 11.3 Å². The zero-order chi connectivity index (χ0) is 9.42. The first-order chi connectivity index (χ1) is 6.22. The van der Waals surface area contributed by atoms with Crippen molar-refractivity contribution in [3.63, 3.8) is 0 Å². The molecule has 0 saturated carbocycles. The molecule has 3 heteroatoms. The monoisotopic (exact) mass is 195 g/mol. The Balaban J connectivity index is 2.76. The Morgan fingerprint density at radius 2 is 2.23 bits per heavy atom. The van der Waals surface area contributed by atoms with Gasteiger partial charge in [0.25, 0.3) is 0 Å². The van der Waals surface area contributed by atoms with Crippen LogP contribution >= 0.6 is 11.3 Å². The van der Waals surface area contributed by atoms with Crippen LogP contribution < -0.4 is 5.73 Å². The summed E-state index contributed by atoms with van der Waals surface area (Å²) in [5.41, 5.74) is 6.75. The van der Waals surface area contributed by atoms with Gasteiger partial charge < -0.3 is 5.73 Å². The zero-order valence-corrected chi connectivity index (χ0v) is 8.12. The standard InChI is InChI=1S/C10H10FNS/c1-6-8-3-2-7(11)4-9(8)13-10(6)5-12/h2-4H,5,12H2,1H3. The van der Waals surface area contributed by atoms with Gasteiger partial charge >= 0.3 is 0 Å². The molecule has 0 aliphatic heterocycles. The summed E-state index contributed by atoms with van der Waals surface area (Å²) in [4.78, 5) is 1.14. The lowest BCUT2D eigenvalue weighted by molar-refractivity contribution is 0.630. The van der Waals surface area contributed by atoms with Crippen molar-refractivity contribution in [2.75, 3.05) is 0 Å². The van der Waals surface area contributed by atoms with Crippen LogP contribution in [0.15, 0.2) is 18.2 Å². The van der Waals surface area contributed by atoms with Crippen LogP contribution in [0.1, 0.15) is 10.4 Å². The van der Waals surface area contributed by atoms with Crippen molar-refractivity contribution in [1.82, 2.24) is 0 Å². The zero-order valence-electron chi connectivity index (χ0n) is 7.30. The van der Waals surface area contributed by atoms with E-state index in [9.17, 15) is 4.39 Å². The molecule has 2 aromatic rings. The summed E-state index contributed by atoms with van der Waals surface area (Å²) in [7, 11) is 0. The first-order valence-corrected chi connectivity index (χ1v) is 4.91. The van der Waals surface area contributed by atoms with Crippen LogP contribution in [-0.2, 0) is 6.54 Å². The Kier molecular flexibility index (Phi) is 2.06. The minimum Gasteiger partial charge on any atom is -0.326 e. The van der Waals surface area contributed by atoms with E-state index in [0.717, 1.165) is 15.0 Å². The van der Waals surface area contributed by atoms with Gasteiger partial charge in [0, 0.05) is 16.1 Å². The van der Waals surface area contributed by atoms with Gasteiger partial charge in [-0.25, -0.2) is 4.39 Å². The van der Waals surface area contributed by atoms with Gasteiger partial charge in [0.15, 0.2) is 0 Å². The summed E-state index contributed by atoms with van der Waals surface area (Å²) < 4.78 is 13.8. The van der Waals surface area contributed by atoms with Crippen molar-refractivity contribution in [2.24, 2.45) is 5.73 Å². The number of halogens is 1. The molecule has 0 amide bonds. The third-order valence-corrected chi connectivity index (χ3v) is 3.46. The maximum Gasteiger partial charge on any atom is 0.124 e. The SMILES string of the molecule is Cc1c(CN)sc2cc(F)ccc12. The van der Waals surface area contributed by atoms with Crippen LogP contribution in [0.4, 0.5) is 4.39 Å². The first kappa shape index (κ1) is 8.66. The van der Waals surface area contributed by atoms with E-state index in [4.69, 9.17) is 5.73 Å². The molecule has 1 nitrogen and oxygen atoms in total. The van der Waals surface area contributed by atoms with E-state index >= 15 is 0 Å². The van der Waals surface area contributed by atoms with Crippen LogP contribution in [0.25, 0.3) is 10.1 Å². The molecule has 1 aromatic carbocycles. The third kappa shape index (κ3) is 1.34. The van der Waals surface area contributed by atoms with Gasteiger partial charge in [0.1, 0.15) is 5.82 Å². The van der Waals surface area contributed by atoms with Crippen molar-refractivity contribution in [3.05, 3.63) is 34.5 Å². The van der Waals surface area contributed by atoms with E-state index in [1.54, 1.807) is 17.4 Å². The normalized spacial score (nSPS) is 11.0. The minimum atomic E-state index is -0.183. The van der Waals surface area contributed by atoms with Crippen molar-refractivity contribution >= 4 is 21.4 Å². The lowest BCUT2D eigenvalue weighted by Crippen LogP contribution is -1.93. The molecule has 0 unspecified atom stereocenters. The molecule has 13 heavy (non-hydrogen) atoms. The highest BCUT2D eigenvalue weighted by Crippen LogP contribution is 2.30. The third-order valence-electron chi connectivity index (χ3n) is 2.18. The van der Waals surface area contributed by atoms with E-state index in [1.807, 2.05) is 13.0 Å². The second kappa shape index (κ2) is 3.09. The molecular weight excluding hydrogens is 185 g/mol. The molecule has 68 valence electrons. The van der Waals surface area contributed by atoms with Crippen molar-refractivity contribution in [2.45, 2.75) is 13.5 Å². The molecule has 1 aromatic heterocycles. The fourth-order valence-electron chi connectivity index (χ4n) is 1.44. The molecule has 0 bridgehead atoms. The van der Waals surface area contributed by atoms with Crippen LogP contribution in [-0.4, -0.2) is 0 Å². The van der Waals surface area contributed by atoms with Gasteiger partial charge in [0.05, 0.1) is 0 Å². The van der Waals surface area contributed by atoms with Crippen LogP contribution in [0, 0.1) is 12.7 Å². The summed E-state index contributed by atoms with van der Waals surface area (Å²) >= 11 is 1.57. The number of hydrogen-bond donors (Lipinski definition) is 1. The smallest absolute Gasteiger partial charge is 0.124 e. The van der Waals surface area contributed by atoms with Crippen molar-refractivity contribution in [3.8, 4) is 0 Å². The highest BCUT2D eigenvalue weighted by molar-refractivity contribution is 7.19. The Bertz CT molecular complexity index is 447. The molecule has 2 rings (SSSR count). The van der Waals surface area contributed by atoms with Gasteiger partial charge in [-0.3, -0.25) is 0 Å². The Morgan fingerprint density at radius 3 is 2.92 bits per heavy atom. The minimum absolute atomic E-state index is 0.183. The summed E-state index contributed by atoms with van der Waals surface area (Å²) in [5, 5.41) is 1.12. The molecule has 0 aliphatic rings. The average molecular weight is 195 g/mol. The first-order valence-electron chi connectivity index (χ1n) is 4.10. The average Bonchev–Trinajstić information content (AvgIpc) is 2.42. The van der Waals surface area contributed by atoms with E-state index in [2.05, 4.69) is 0 Å². The molecule has 1 heterocycles. The van der Waals surface area contributed by atoms with E-state index in [-0.39, 0.29) is 5.82 Å². The molecule has 0 radical (unpaired) electrons. The Labute approximate surface area is 80.0 Å². The fraction of sp³-hybridized carbons (Fsp3) is 0.200. The second-order valence-corrected chi connectivity index (χ2v) is 4.13. The predicted octanol–water partition coefficient (Wildman–Crippen LogP) is 2.81. The lowest BCUT2D eigenvalue weighted by Gasteiger charge is -1.92. The number of benzene rings is 1. The summed E-state index contributed by atoms with van der Waals surface area (Å²) in [6.45, 7) is 2.56. The quantitative estimate of drug-likeness (QED) is 0.744. The van der Waals surface area contributed by atoms with Crippen molar-refractivity contribution in [1.29, 1.82) is 0 Å². The van der Waals surface area contributed by atoms with Crippen LogP contribution in [0.3, 0.4) is 0 Å². The predicted molar refractivity (Wildman–Crippen MR) is 54.4 cm³/mol. The molecular formula is C10H10FNS. The number of hydrogen-bond acceptors (Lipinski definition) is 2. The van der Waals surface area contributed by atoms with Gasteiger partial charge in [-0.2, -0.15) is 0 Å². The molecule has 0 atom stereocenters.